The maximum Gasteiger partial charge on any atom is 0.248 e. The van der Waals surface area contributed by atoms with Crippen molar-refractivity contribution >= 4 is 28.3 Å². The number of nitrogens with one attached hydrogen (secondary N) is 1. The van der Waals surface area contributed by atoms with Crippen LogP contribution in [-0.4, -0.2) is 34.3 Å². The van der Waals surface area contributed by atoms with E-state index in [0.717, 1.165) is 12.8 Å². The van der Waals surface area contributed by atoms with Gasteiger partial charge in [-0.2, -0.15) is 0 Å². The number of amides is 2. The molecule has 2 aliphatic carbocycles. The second-order valence-corrected chi connectivity index (χ2v) is 7.60. The van der Waals surface area contributed by atoms with Gasteiger partial charge in [0.15, 0.2) is 5.13 Å². The average Bonchev–Trinajstić information content (AvgIpc) is 3.46. The summed E-state index contributed by atoms with van der Waals surface area (Å²) in [5.74, 6) is 1.18. The monoisotopic (exact) mass is 331 g/mol. The summed E-state index contributed by atoms with van der Waals surface area (Å²) in [6.45, 7) is 0.675. The lowest BCUT2D eigenvalue weighted by Crippen LogP contribution is -2.42. The third-order valence-electron chi connectivity index (χ3n) is 4.89. The number of anilines is 1. The molecule has 1 aromatic rings. The Labute approximate surface area is 139 Å². The molecular weight excluding hydrogens is 310 g/mol. The molecule has 0 spiro atoms. The molecule has 3 aliphatic rings. The van der Waals surface area contributed by atoms with Gasteiger partial charge >= 0.3 is 0 Å². The smallest absolute Gasteiger partial charge is 0.248 e. The number of hydrogen-bond acceptors (Lipinski definition) is 4. The summed E-state index contributed by atoms with van der Waals surface area (Å²) in [6.07, 6.45) is 10.0. The quantitative estimate of drug-likeness (QED) is 0.844. The first kappa shape index (κ1) is 14.9. The molecule has 3 fully saturated rings. The highest BCUT2D eigenvalue weighted by atomic mass is 32.1. The zero-order chi connectivity index (χ0) is 15.8. The number of rotatable bonds is 5. The van der Waals surface area contributed by atoms with Gasteiger partial charge in [0.05, 0.1) is 0 Å². The minimum Gasteiger partial charge on any atom is -0.327 e. The van der Waals surface area contributed by atoms with E-state index in [1.54, 1.807) is 11.1 Å². The molecule has 1 aromatic heterocycles. The largest absolute Gasteiger partial charge is 0.327 e. The SMILES string of the molecule is O=C(Nc1nccs1)[C@H]1CCCN1C(=O)C=C(C1CC1)C1CC1. The van der Waals surface area contributed by atoms with Gasteiger partial charge in [-0.15, -0.1) is 11.3 Å². The van der Waals surface area contributed by atoms with Crippen molar-refractivity contribution in [3.05, 3.63) is 23.2 Å². The van der Waals surface area contributed by atoms with E-state index in [0.29, 0.717) is 23.5 Å². The maximum atomic E-state index is 12.7. The molecule has 0 aromatic carbocycles. The molecule has 23 heavy (non-hydrogen) atoms. The molecular formula is C17H21N3O2S. The Balaban J connectivity index is 1.45. The highest BCUT2D eigenvalue weighted by molar-refractivity contribution is 7.13. The zero-order valence-corrected chi connectivity index (χ0v) is 13.8. The summed E-state index contributed by atoms with van der Waals surface area (Å²) in [5, 5.41) is 5.25. The molecule has 2 heterocycles. The number of carbonyl (C=O) groups is 2. The molecule has 0 unspecified atom stereocenters. The van der Waals surface area contributed by atoms with Crippen LogP contribution >= 0.6 is 11.3 Å². The second-order valence-electron chi connectivity index (χ2n) is 6.71. The van der Waals surface area contributed by atoms with E-state index in [4.69, 9.17) is 0 Å². The Kier molecular flexibility index (Phi) is 3.93. The molecule has 1 N–H and O–H groups in total. The molecule has 1 aliphatic heterocycles. The lowest BCUT2D eigenvalue weighted by molar-refractivity contribution is -0.132. The van der Waals surface area contributed by atoms with Crippen molar-refractivity contribution in [2.75, 3.05) is 11.9 Å². The van der Waals surface area contributed by atoms with Gasteiger partial charge in [-0.3, -0.25) is 9.59 Å². The van der Waals surface area contributed by atoms with Crippen molar-refractivity contribution in [2.45, 2.75) is 44.6 Å². The number of allylic oxidation sites excluding steroid dienone is 1. The van der Waals surface area contributed by atoms with Gasteiger partial charge < -0.3 is 10.2 Å². The number of likely N-dealkylation sites (tertiary alicyclic amines) is 1. The van der Waals surface area contributed by atoms with E-state index in [2.05, 4.69) is 10.3 Å². The van der Waals surface area contributed by atoms with E-state index in [1.165, 1.54) is 42.6 Å². The van der Waals surface area contributed by atoms with Gasteiger partial charge in [-0.1, -0.05) is 5.57 Å². The van der Waals surface area contributed by atoms with Crippen LogP contribution in [0.25, 0.3) is 0 Å². The maximum absolute atomic E-state index is 12.7. The number of hydrogen-bond donors (Lipinski definition) is 1. The van der Waals surface area contributed by atoms with Crippen LogP contribution in [0.4, 0.5) is 5.13 Å². The summed E-state index contributed by atoms with van der Waals surface area (Å²) >= 11 is 1.40. The Bertz CT molecular complexity index is 618. The van der Waals surface area contributed by atoms with Gasteiger partial charge in [0.25, 0.3) is 0 Å². The van der Waals surface area contributed by atoms with Gasteiger partial charge in [-0.05, 0) is 50.4 Å². The number of thiazole rings is 1. The van der Waals surface area contributed by atoms with E-state index in [1.807, 2.05) is 11.5 Å². The minimum absolute atomic E-state index is 0.0237. The molecule has 6 heteroatoms. The highest BCUT2D eigenvalue weighted by Gasteiger charge is 2.39. The van der Waals surface area contributed by atoms with Crippen molar-refractivity contribution in [1.29, 1.82) is 0 Å². The number of nitrogens with zero attached hydrogens (tertiary/aromatic N) is 2. The Morgan fingerprint density at radius 1 is 1.22 bits per heavy atom. The molecule has 2 amide bonds. The zero-order valence-electron chi connectivity index (χ0n) is 13.0. The second kappa shape index (κ2) is 6.07. The predicted octanol–water partition coefficient (Wildman–Crippen LogP) is 2.82. The fraction of sp³-hybridized carbons (Fsp3) is 0.588. The van der Waals surface area contributed by atoms with E-state index < -0.39 is 0 Å². The predicted molar refractivity (Wildman–Crippen MR) is 89.0 cm³/mol. The molecule has 4 rings (SSSR count). The summed E-state index contributed by atoms with van der Waals surface area (Å²) in [7, 11) is 0. The van der Waals surface area contributed by atoms with Crippen LogP contribution in [0.15, 0.2) is 23.2 Å². The fourth-order valence-corrected chi connectivity index (χ4v) is 3.94. The topological polar surface area (TPSA) is 62.3 Å². The van der Waals surface area contributed by atoms with Crippen LogP contribution < -0.4 is 5.32 Å². The van der Waals surface area contributed by atoms with Crippen LogP contribution in [0.3, 0.4) is 0 Å². The van der Waals surface area contributed by atoms with E-state index in [-0.39, 0.29) is 17.9 Å². The molecule has 5 nitrogen and oxygen atoms in total. The van der Waals surface area contributed by atoms with E-state index in [9.17, 15) is 9.59 Å². The third kappa shape index (κ3) is 3.32. The molecule has 0 radical (unpaired) electrons. The first-order valence-corrected chi connectivity index (χ1v) is 9.33. The van der Waals surface area contributed by atoms with Crippen molar-refractivity contribution in [2.24, 2.45) is 11.8 Å². The van der Waals surface area contributed by atoms with Gasteiger partial charge in [0, 0.05) is 24.2 Å². The molecule has 122 valence electrons. The Hall–Kier alpha value is -1.69. The van der Waals surface area contributed by atoms with Crippen molar-refractivity contribution in [3.8, 4) is 0 Å². The van der Waals surface area contributed by atoms with Gasteiger partial charge in [0.2, 0.25) is 11.8 Å². The van der Waals surface area contributed by atoms with Gasteiger partial charge in [0.1, 0.15) is 6.04 Å². The van der Waals surface area contributed by atoms with Crippen LogP contribution in [0.1, 0.15) is 38.5 Å². The van der Waals surface area contributed by atoms with Crippen molar-refractivity contribution in [1.82, 2.24) is 9.88 Å². The summed E-state index contributed by atoms with van der Waals surface area (Å²) in [6, 6.07) is -0.359. The lowest BCUT2D eigenvalue weighted by atomic mass is 10.1. The number of carbonyl (C=O) groups excluding carboxylic acids is 2. The Morgan fingerprint density at radius 2 is 1.96 bits per heavy atom. The van der Waals surface area contributed by atoms with E-state index >= 15 is 0 Å². The fourth-order valence-electron chi connectivity index (χ4n) is 3.40. The number of aromatic nitrogens is 1. The lowest BCUT2D eigenvalue weighted by Gasteiger charge is -2.22. The summed E-state index contributed by atoms with van der Waals surface area (Å²) in [5.41, 5.74) is 1.35. The minimum atomic E-state index is -0.359. The molecule has 1 saturated heterocycles. The molecule has 1 atom stereocenters. The molecule has 2 saturated carbocycles. The standard InChI is InChI=1S/C17H21N3O2S/c21-15(10-13(11-3-4-11)12-5-6-12)20-8-1-2-14(20)16(22)19-17-18-7-9-23-17/h7,9-12,14H,1-6,8H2,(H,18,19,22)/t14-/m1/s1. The average molecular weight is 331 g/mol. The van der Waals surface area contributed by atoms with Crippen molar-refractivity contribution in [3.63, 3.8) is 0 Å². The summed E-state index contributed by atoms with van der Waals surface area (Å²) < 4.78 is 0. The van der Waals surface area contributed by atoms with Crippen LogP contribution in [0.5, 0.6) is 0 Å². The normalized spacial score (nSPS) is 23.7. The Morgan fingerprint density at radius 3 is 2.57 bits per heavy atom. The highest BCUT2D eigenvalue weighted by Crippen LogP contribution is 2.48. The van der Waals surface area contributed by atoms with Gasteiger partial charge in [-0.25, -0.2) is 4.98 Å². The van der Waals surface area contributed by atoms with Crippen molar-refractivity contribution < 1.29 is 9.59 Å². The van der Waals surface area contributed by atoms with Crippen LogP contribution in [0, 0.1) is 11.8 Å². The molecule has 0 bridgehead atoms. The summed E-state index contributed by atoms with van der Waals surface area (Å²) in [4.78, 5) is 31.0. The van der Waals surface area contributed by atoms with Crippen LogP contribution in [0.2, 0.25) is 0 Å². The first-order valence-electron chi connectivity index (χ1n) is 8.45. The third-order valence-corrected chi connectivity index (χ3v) is 5.58. The first-order chi connectivity index (χ1) is 11.2. The van der Waals surface area contributed by atoms with Crippen LogP contribution in [-0.2, 0) is 9.59 Å².